The highest BCUT2D eigenvalue weighted by Crippen LogP contribution is 2.26. The molecular formula is C20H19BrN2O2S. The van der Waals surface area contributed by atoms with E-state index in [4.69, 9.17) is 4.74 Å². The van der Waals surface area contributed by atoms with E-state index >= 15 is 0 Å². The van der Waals surface area contributed by atoms with Gasteiger partial charge in [0.15, 0.2) is 0 Å². The number of rotatable bonds is 7. The summed E-state index contributed by atoms with van der Waals surface area (Å²) in [5.74, 6) is 0.796. The SMILES string of the molecule is Cc1ccccc1OCCNC(=O)Cc1csc(-c2cccc(Br)c2)n1. The average molecular weight is 431 g/mol. The quantitative estimate of drug-likeness (QED) is 0.556. The molecule has 0 aliphatic heterocycles. The van der Waals surface area contributed by atoms with Gasteiger partial charge in [-0.1, -0.05) is 46.3 Å². The first-order chi connectivity index (χ1) is 12.6. The molecule has 3 aromatic rings. The highest BCUT2D eigenvalue weighted by Gasteiger charge is 2.09. The summed E-state index contributed by atoms with van der Waals surface area (Å²) in [6, 6.07) is 15.8. The van der Waals surface area contributed by atoms with Crippen molar-refractivity contribution in [3.63, 3.8) is 0 Å². The monoisotopic (exact) mass is 430 g/mol. The van der Waals surface area contributed by atoms with Gasteiger partial charge in [-0.3, -0.25) is 4.79 Å². The molecule has 0 unspecified atom stereocenters. The topological polar surface area (TPSA) is 51.2 Å². The predicted molar refractivity (Wildman–Crippen MR) is 109 cm³/mol. The number of halogens is 1. The molecule has 134 valence electrons. The molecule has 0 bridgehead atoms. The second-order valence-electron chi connectivity index (χ2n) is 5.80. The van der Waals surface area contributed by atoms with Gasteiger partial charge in [0.05, 0.1) is 18.7 Å². The van der Waals surface area contributed by atoms with Crippen molar-refractivity contribution < 1.29 is 9.53 Å². The van der Waals surface area contributed by atoms with Gasteiger partial charge in [0.25, 0.3) is 0 Å². The smallest absolute Gasteiger partial charge is 0.226 e. The number of carbonyl (C=O) groups excluding carboxylic acids is 1. The minimum absolute atomic E-state index is 0.0514. The summed E-state index contributed by atoms with van der Waals surface area (Å²) < 4.78 is 6.69. The number of aromatic nitrogens is 1. The van der Waals surface area contributed by atoms with E-state index in [1.54, 1.807) is 11.3 Å². The number of nitrogens with zero attached hydrogens (tertiary/aromatic N) is 1. The Labute approximate surface area is 165 Å². The van der Waals surface area contributed by atoms with Gasteiger partial charge in [0.1, 0.15) is 17.4 Å². The van der Waals surface area contributed by atoms with Gasteiger partial charge in [0, 0.05) is 15.4 Å². The van der Waals surface area contributed by atoms with Crippen molar-refractivity contribution in [1.82, 2.24) is 10.3 Å². The van der Waals surface area contributed by atoms with Gasteiger partial charge in [-0.25, -0.2) is 4.98 Å². The zero-order valence-corrected chi connectivity index (χ0v) is 16.8. The van der Waals surface area contributed by atoms with Crippen molar-refractivity contribution in [1.29, 1.82) is 0 Å². The van der Waals surface area contributed by atoms with Crippen LogP contribution < -0.4 is 10.1 Å². The van der Waals surface area contributed by atoms with E-state index in [-0.39, 0.29) is 12.3 Å². The predicted octanol–water partition coefficient (Wildman–Crippen LogP) is 4.62. The van der Waals surface area contributed by atoms with E-state index in [2.05, 4.69) is 26.2 Å². The summed E-state index contributed by atoms with van der Waals surface area (Å²) in [4.78, 5) is 16.6. The van der Waals surface area contributed by atoms with Crippen LogP contribution in [0.2, 0.25) is 0 Å². The fraction of sp³-hybridized carbons (Fsp3) is 0.200. The normalized spacial score (nSPS) is 10.5. The lowest BCUT2D eigenvalue weighted by atomic mass is 10.2. The summed E-state index contributed by atoms with van der Waals surface area (Å²) in [6.45, 7) is 2.91. The van der Waals surface area contributed by atoms with Crippen LogP contribution >= 0.6 is 27.3 Å². The molecule has 2 aromatic carbocycles. The number of thiazole rings is 1. The number of ether oxygens (including phenoxy) is 1. The molecule has 0 saturated heterocycles. The van der Waals surface area contributed by atoms with Crippen LogP contribution in [-0.2, 0) is 11.2 Å². The van der Waals surface area contributed by atoms with Gasteiger partial charge in [-0.05, 0) is 30.7 Å². The summed E-state index contributed by atoms with van der Waals surface area (Å²) in [5, 5.41) is 5.72. The van der Waals surface area contributed by atoms with Gasteiger partial charge in [0.2, 0.25) is 5.91 Å². The summed E-state index contributed by atoms with van der Waals surface area (Å²) in [5.41, 5.74) is 2.91. The highest BCUT2D eigenvalue weighted by atomic mass is 79.9. The second kappa shape index (κ2) is 8.96. The maximum absolute atomic E-state index is 12.1. The van der Waals surface area contributed by atoms with E-state index in [0.717, 1.165) is 32.1 Å². The van der Waals surface area contributed by atoms with Crippen LogP contribution in [0.15, 0.2) is 58.4 Å². The van der Waals surface area contributed by atoms with Crippen molar-refractivity contribution >= 4 is 33.2 Å². The first-order valence-corrected chi connectivity index (χ1v) is 9.94. The van der Waals surface area contributed by atoms with E-state index in [9.17, 15) is 4.79 Å². The van der Waals surface area contributed by atoms with Gasteiger partial charge in [-0.15, -0.1) is 11.3 Å². The van der Waals surface area contributed by atoms with Crippen molar-refractivity contribution in [2.45, 2.75) is 13.3 Å². The number of carbonyl (C=O) groups is 1. The summed E-state index contributed by atoms with van der Waals surface area (Å²) in [7, 11) is 0. The second-order valence-corrected chi connectivity index (χ2v) is 7.57. The fourth-order valence-electron chi connectivity index (χ4n) is 2.44. The van der Waals surface area contributed by atoms with Gasteiger partial charge >= 0.3 is 0 Å². The molecule has 6 heteroatoms. The Kier molecular flexibility index (Phi) is 6.41. The maximum Gasteiger partial charge on any atom is 0.226 e. The Balaban J connectivity index is 1.46. The molecule has 1 amide bonds. The molecule has 0 aliphatic rings. The van der Waals surface area contributed by atoms with E-state index in [1.807, 2.05) is 60.8 Å². The molecule has 0 atom stereocenters. The molecule has 26 heavy (non-hydrogen) atoms. The summed E-state index contributed by atoms with van der Waals surface area (Å²) in [6.07, 6.45) is 0.273. The van der Waals surface area contributed by atoms with Crippen LogP contribution in [0.1, 0.15) is 11.3 Å². The summed E-state index contributed by atoms with van der Waals surface area (Å²) >= 11 is 5.01. The molecule has 0 radical (unpaired) electrons. The minimum atomic E-state index is -0.0514. The minimum Gasteiger partial charge on any atom is -0.491 e. The number of benzene rings is 2. The number of aryl methyl sites for hydroxylation is 1. The van der Waals surface area contributed by atoms with Crippen molar-refractivity contribution in [3.05, 3.63) is 69.6 Å². The molecule has 0 spiro atoms. The third-order valence-corrected chi connectivity index (χ3v) is 5.17. The maximum atomic E-state index is 12.1. The molecule has 1 N–H and O–H groups in total. The largest absolute Gasteiger partial charge is 0.491 e. The Morgan fingerprint density at radius 3 is 2.88 bits per heavy atom. The van der Waals surface area contributed by atoms with E-state index in [0.29, 0.717) is 13.2 Å². The molecule has 0 aliphatic carbocycles. The van der Waals surface area contributed by atoms with E-state index in [1.165, 1.54) is 0 Å². The Morgan fingerprint density at radius 1 is 1.23 bits per heavy atom. The average Bonchev–Trinajstić information content (AvgIpc) is 3.08. The molecule has 0 fully saturated rings. The zero-order valence-electron chi connectivity index (χ0n) is 14.4. The standard InChI is InChI=1S/C20H19BrN2O2S/c1-14-5-2-3-8-18(14)25-10-9-22-19(24)12-17-13-26-20(23-17)15-6-4-7-16(21)11-15/h2-8,11,13H,9-10,12H2,1H3,(H,22,24). The highest BCUT2D eigenvalue weighted by molar-refractivity contribution is 9.10. The van der Waals surface area contributed by atoms with Crippen molar-refractivity contribution in [3.8, 4) is 16.3 Å². The fourth-order valence-corrected chi connectivity index (χ4v) is 3.66. The number of hydrogen-bond donors (Lipinski definition) is 1. The number of nitrogens with one attached hydrogen (secondary N) is 1. The van der Waals surface area contributed by atoms with Gasteiger partial charge in [-0.2, -0.15) is 0 Å². The Bertz CT molecular complexity index is 895. The van der Waals surface area contributed by atoms with Gasteiger partial charge < -0.3 is 10.1 Å². The van der Waals surface area contributed by atoms with Crippen LogP contribution in [0.25, 0.3) is 10.6 Å². The molecular weight excluding hydrogens is 412 g/mol. The van der Waals surface area contributed by atoms with E-state index < -0.39 is 0 Å². The molecule has 4 nitrogen and oxygen atoms in total. The van der Waals surface area contributed by atoms with Crippen molar-refractivity contribution in [2.75, 3.05) is 13.2 Å². The lowest BCUT2D eigenvalue weighted by Gasteiger charge is -2.09. The van der Waals surface area contributed by atoms with Crippen LogP contribution in [0.4, 0.5) is 0 Å². The Morgan fingerprint density at radius 2 is 2.08 bits per heavy atom. The molecule has 3 rings (SSSR count). The molecule has 0 saturated carbocycles. The first-order valence-electron chi connectivity index (χ1n) is 8.27. The van der Waals surface area contributed by atoms with Crippen LogP contribution in [-0.4, -0.2) is 24.0 Å². The number of amides is 1. The third kappa shape index (κ3) is 5.16. The number of hydrogen-bond acceptors (Lipinski definition) is 4. The lowest BCUT2D eigenvalue weighted by molar-refractivity contribution is -0.120. The first kappa shape index (κ1) is 18.6. The number of para-hydroxylation sites is 1. The zero-order chi connectivity index (χ0) is 18.4. The molecule has 1 aromatic heterocycles. The lowest BCUT2D eigenvalue weighted by Crippen LogP contribution is -2.29. The van der Waals surface area contributed by atoms with Crippen LogP contribution in [0.3, 0.4) is 0 Å². The van der Waals surface area contributed by atoms with Crippen molar-refractivity contribution in [2.24, 2.45) is 0 Å². The van der Waals surface area contributed by atoms with Crippen LogP contribution in [0.5, 0.6) is 5.75 Å². The van der Waals surface area contributed by atoms with Crippen LogP contribution in [0, 0.1) is 6.92 Å². The molecule has 1 heterocycles. The third-order valence-electron chi connectivity index (χ3n) is 3.74. The Hall–Kier alpha value is -2.18.